The summed E-state index contributed by atoms with van der Waals surface area (Å²) in [5, 5.41) is 3.82. The molecule has 1 saturated heterocycles. The zero-order valence-electron chi connectivity index (χ0n) is 11.5. The second-order valence-electron chi connectivity index (χ2n) is 5.25. The first-order valence-electron chi connectivity index (χ1n) is 6.36. The lowest BCUT2D eigenvalue weighted by Gasteiger charge is -2.31. The van der Waals surface area contributed by atoms with Crippen LogP contribution in [0.5, 0.6) is 0 Å². The van der Waals surface area contributed by atoms with Gasteiger partial charge >= 0.3 is 5.69 Å². The molecule has 1 aromatic rings. The van der Waals surface area contributed by atoms with Gasteiger partial charge in [-0.15, -0.1) is 5.10 Å². The maximum absolute atomic E-state index is 12.2. The zero-order chi connectivity index (χ0) is 14.9. The van der Waals surface area contributed by atoms with E-state index in [9.17, 15) is 18.0 Å². The summed E-state index contributed by atoms with van der Waals surface area (Å²) in [6.45, 7) is 0.933. The number of aromatic amines is 1. The Labute approximate surface area is 116 Å². The number of carbonyl (C=O) groups is 1. The highest BCUT2D eigenvalue weighted by Crippen LogP contribution is 2.19. The average molecular weight is 302 g/mol. The van der Waals surface area contributed by atoms with Crippen LogP contribution in [0.25, 0.3) is 0 Å². The van der Waals surface area contributed by atoms with Gasteiger partial charge in [0.05, 0.1) is 5.75 Å². The Morgan fingerprint density at radius 2 is 2.20 bits per heavy atom. The third kappa shape index (κ3) is 3.47. The highest BCUT2D eigenvalue weighted by molar-refractivity contribution is 7.90. The lowest BCUT2D eigenvalue weighted by molar-refractivity contribution is 0.0671. The monoisotopic (exact) mass is 302 g/mol. The number of carbonyl (C=O) groups excluding carboxylic acids is 1. The van der Waals surface area contributed by atoms with Crippen molar-refractivity contribution in [2.75, 3.05) is 25.1 Å². The molecule has 9 heteroatoms. The third-order valence-corrected chi connectivity index (χ3v) is 4.39. The fourth-order valence-corrected chi connectivity index (χ4v) is 3.59. The van der Waals surface area contributed by atoms with Crippen molar-refractivity contribution >= 4 is 15.7 Å². The van der Waals surface area contributed by atoms with Gasteiger partial charge in [-0.25, -0.2) is 17.9 Å². The lowest BCUT2D eigenvalue weighted by Crippen LogP contribution is -2.42. The lowest BCUT2D eigenvalue weighted by atomic mass is 10.00. The molecule has 1 atom stereocenters. The Balaban J connectivity index is 2.08. The van der Waals surface area contributed by atoms with E-state index in [0.717, 1.165) is 17.5 Å². The van der Waals surface area contributed by atoms with Crippen molar-refractivity contribution in [1.29, 1.82) is 0 Å². The molecule has 1 amide bonds. The molecule has 0 saturated carbocycles. The van der Waals surface area contributed by atoms with Crippen LogP contribution in [0.3, 0.4) is 0 Å². The van der Waals surface area contributed by atoms with E-state index in [1.807, 2.05) is 0 Å². The van der Waals surface area contributed by atoms with Crippen LogP contribution in [0.1, 0.15) is 23.5 Å². The van der Waals surface area contributed by atoms with Crippen LogP contribution in [-0.4, -0.2) is 59.1 Å². The number of rotatable bonds is 3. The van der Waals surface area contributed by atoms with Gasteiger partial charge in [0.2, 0.25) is 5.82 Å². The largest absolute Gasteiger partial charge is 0.343 e. The molecular weight excluding hydrogens is 284 g/mol. The SMILES string of the molecule is Cn1nc(C(=O)N2CCCC(CS(C)(=O)=O)C2)[nH]c1=O. The van der Waals surface area contributed by atoms with Crippen LogP contribution in [-0.2, 0) is 16.9 Å². The summed E-state index contributed by atoms with van der Waals surface area (Å²) < 4.78 is 23.7. The second kappa shape index (κ2) is 5.39. The number of amides is 1. The number of piperidine rings is 1. The van der Waals surface area contributed by atoms with E-state index in [4.69, 9.17) is 0 Å². The number of aromatic nitrogens is 3. The van der Waals surface area contributed by atoms with Crippen molar-refractivity contribution in [2.24, 2.45) is 13.0 Å². The summed E-state index contributed by atoms with van der Waals surface area (Å²) >= 11 is 0. The van der Waals surface area contributed by atoms with Crippen LogP contribution >= 0.6 is 0 Å². The third-order valence-electron chi connectivity index (χ3n) is 3.32. The van der Waals surface area contributed by atoms with Gasteiger partial charge < -0.3 is 4.90 Å². The number of aryl methyl sites for hydroxylation is 1. The first-order valence-corrected chi connectivity index (χ1v) is 8.42. The number of hydrogen-bond acceptors (Lipinski definition) is 5. The second-order valence-corrected chi connectivity index (χ2v) is 7.44. The van der Waals surface area contributed by atoms with Gasteiger partial charge in [0.25, 0.3) is 5.91 Å². The molecule has 112 valence electrons. The van der Waals surface area contributed by atoms with E-state index in [-0.39, 0.29) is 23.4 Å². The van der Waals surface area contributed by atoms with Gasteiger partial charge in [-0.2, -0.15) is 0 Å². The van der Waals surface area contributed by atoms with Crippen LogP contribution in [0, 0.1) is 5.92 Å². The van der Waals surface area contributed by atoms with Gasteiger partial charge in [0, 0.05) is 26.4 Å². The molecule has 20 heavy (non-hydrogen) atoms. The summed E-state index contributed by atoms with van der Waals surface area (Å²) in [7, 11) is -1.60. The fourth-order valence-electron chi connectivity index (χ4n) is 2.46. The molecule has 0 bridgehead atoms. The number of hydrogen-bond donors (Lipinski definition) is 1. The van der Waals surface area contributed by atoms with E-state index in [2.05, 4.69) is 10.1 Å². The van der Waals surface area contributed by atoms with Crippen LogP contribution in [0.15, 0.2) is 4.79 Å². The maximum atomic E-state index is 12.2. The van der Waals surface area contributed by atoms with Gasteiger partial charge in [0.1, 0.15) is 9.84 Å². The molecule has 2 rings (SSSR count). The molecule has 1 N–H and O–H groups in total. The molecule has 0 aromatic carbocycles. The number of nitrogens with one attached hydrogen (secondary N) is 1. The molecule has 1 aliphatic heterocycles. The highest BCUT2D eigenvalue weighted by Gasteiger charge is 2.28. The van der Waals surface area contributed by atoms with E-state index in [1.165, 1.54) is 13.3 Å². The molecule has 0 radical (unpaired) electrons. The van der Waals surface area contributed by atoms with Gasteiger partial charge in [-0.1, -0.05) is 0 Å². The number of nitrogens with zero attached hydrogens (tertiary/aromatic N) is 3. The highest BCUT2D eigenvalue weighted by atomic mass is 32.2. The molecule has 2 heterocycles. The number of sulfone groups is 1. The molecule has 0 spiro atoms. The molecular formula is C11H18N4O4S. The molecule has 1 aromatic heterocycles. The Bertz CT molecular complexity index is 660. The van der Waals surface area contributed by atoms with Crippen molar-refractivity contribution in [3.8, 4) is 0 Å². The van der Waals surface area contributed by atoms with Gasteiger partial charge in [0.15, 0.2) is 0 Å². The zero-order valence-corrected chi connectivity index (χ0v) is 12.3. The Morgan fingerprint density at radius 3 is 2.75 bits per heavy atom. The summed E-state index contributed by atoms with van der Waals surface area (Å²) in [5.74, 6) is -0.341. The standard InChI is InChI=1S/C11H18N4O4S/c1-14-11(17)12-9(13-14)10(16)15-5-3-4-8(6-15)7-20(2,18)19/h8H,3-7H2,1-2H3,(H,12,13,17). The first-order chi connectivity index (χ1) is 9.26. The topological polar surface area (TPSA) is 105 Å². The average Bonchev–Trinajstić information content (AvgIpc) is 2.67. The molecule has 1 aliphatic rings. The Morgan fingerprint density at radius 1 is 1.50 bits per heavy atom. The molecule has 8 nitrogen and oxygen atoms in total. The quantitative estimate of drug-likeness (QED) is 0.771. The number of likely N-dealkylation sites (tertiary alicyclic amines) is 1. The van der Waals surface area contributed by atoms with Crippen LogP contribution in [0.2, 0.25) is 0 Å². The number of H-pyrrole nitrogens is 1. The fraction of sp³-hybridized carbons (Fsp3) is 0.727. The maximum Gasteiger partial charge on any atom is 0.343 e. The van der Waals surface area contributed by atoms with E-state index < -0.39 is 15.5 Å². The minimum atomic E-state index is -3.06. The molecule has 1 unspecified atom stereocenters. The van der Waals surface area contributed by atoms with E-state index in [1.54, 1.807) is 4.90 Å². The van der Waals surface area contributed by atoms with Crippen molar-refractivity contribution in [2.45, 2.75) is 12.8 Å². The van der Waals surface area contributed by atoms with Crippen LogP contribution < -0.4 is 5.69 Å². The molecule has 1 fully saturated rings. The minimum Gasteiger partial charge on any atom is -0.336 e. The van der Waals surface area contributed by atoms with Crippen molar-refractivity contribution in [1.82, 2.24) is 19.7 Å². The summed E-state index contributed by atoms with van der Waals surface area (Å²) in [5.41, 5.74) is -0.446. The van der Waals surface area contributed by atoms with Crippen molar-refractivity contribution in [3.63, 3.8) is 0 Å². The summed E-state index contributed by atoms with van der Waals surface area (Å²) in [6, 6.07) is 0. The van der Waals surface area contributed by atoms with Crippen molar-refractivity contribution in [3.05, 3.63) is 16.3 Å². The van der Waals surface area contributed by atoms with Crippen molar-refractivity contribution < 1.29 is 13.2 Å². The predicted molar refractivity (Wildman–Crippen MR) is 72.2 cm³/mol. The summed E-state index contributed by atoms with van der Waals surface area (Å²) in [6.07, 6.45) is 2.74. The van der Waals surface area contributed by atoms with Crippen LogP contribution in [0.4, 0.5) is 0 Å². The smallest absolute Gasteiger partial charge is 0.336 e. The van der Waals surface area contributed by atoms with Gasteiger partial charge in [-0.05, 0) is 18.8 Å². The normalized spacial score (nSPS) is 20.1. The van der Waals surface area contributed by atoms with E-state index >= 15 is 0 Å². The Kier molecular flexibility index (Phi) is 3.98. The van der Waals surface area contributed by atoms with E-state index in [0.29, 0.717) is 13.1 Å². The minimum absolute atomic E-state index is 0.00231. The summed E-state index contributed by atoms with van der Waals surface area (Å²) in [4.78, 5) is 27.4. The van der Waals surface area contributed by atoms with Gasteiger partial charge in [-0.3, -0.25) is 9.78 Å². The molecule has 0 aliphatic carbocycles. The Hall–Kier alpha value is -1.64. The first kappa shape index (κ1) is 14.8. The predicted octanol–water partition coefficient (Wildman–Crippen LogP) is -0.995.